The summed E-state index contributed by atoms with van der Waals surface area (Å²) in [6, 6.07) is 11.5. The molecule has 0 radical (unpaired) electrons. The van der Waals surface area contributed by atoms with Gasteiger partial charge in [0, 0.05) is 9.13 Å². The van der Waals surface area contributed by atoms with Crippen LogP contribution in [0.25, 0.3) is 22.4 Å². The highest BCUT2D eigenvalue weighted by molar-refractivity contribution is 14.1. The standard InChI is InChI=1S/C13H7Cl2IN2/c14-8-2-1-3-11-12(8)18-13(17-11)7-4-5-10(16)9(15)6-7/h1-6H,(H,17,18). The third kappa shape index (κ3) is 2.11. The zero-order chi connectivity index (χ0) is 12.7. The summed E-state index contributed by atoms with van der Waals surface area (Å²) in [6.07, 6.45) is 0. The summed E-state index contributed by atoms with van der Waals surface area (Å²) in [5.74, 6) is 0.774. The Labute approximate surface area is 127 Å². The summed E-state index contributed by atoms with van der Waals surface area (Å²) >= 11 is 14.4. The van der Waals surface area contributed by atoms with Crippen LogP contribution in [0.15, 0.2) is 36.4 Å². The first kappa shape index (κ1) is 12.3. The van der Waals surface area contributed by atoms with Gasteiger partial charge in [-0.1, -0.05) is 35.3 Å². The molecule has 0 atom stereocenters. The first-order valence-corrected chi connectivity index (χ1v) is 7.08. The summed E-state index contributed by atoms with van der Waals surface area (Å²) in [6.45, 7) is 0. The van der Waals surface area contributed by atoms with Gasteiger partial charge in [0.1, 0.15) is 11.3 Å². The molecule has 0 saturated heterocycles. The van der Waals surface area contributed by atoms with Crippen molar-refractivity contribution >= 4 is 56.8 Å². The average Bonchev–Trinajstić information content (AvgIpc) is 2.78. The third-order valence-corrected chi connectivity index (χ3v) is 4.53. The van der Waals surface area contributed by atoms with E-state index in [2.05, 4.69) is 32.6 Å². The maximum atomic E-state index is 6.12. The van der Waals surface area contributed by atoms with E-state index in [1.54, 1.807) is 0 Å². The number of fused-ring (bicyclic) bond motifs is 1. The van der Waals surface area contributed by atoms with Crippen molar-refractivity contribution in [3.8, 4) is 11.4 Å². The Morgan fingerprint density at radius 2 is 1.89 bits per heavy atom. The molecule has 1 aromatic heterocycles. The van der Waals surface area contributed by atoms with E-state index in [9.17, 15) is 0 Å². The predicted octanol–water partition coefficient (Wildman–Crippen LogP) is 5.14. The van der Waals surface area contributed by atoms with Gasteiger partial charge in [0.2, 0.25) is 0 Å². The fourth-order valence-corrected chi connectivity index (χ4v) is 2.51. The van der Waals surface area contributed by atoms with Crippen LogP contribution in [0.4, 0.5) is 0 Å². The number of hydrogen-bond acceptors (Lipinski definition) is 1. The summed E-state index contributed by atoms with van der Waals surface area (Å²) in [7, 11) is 0. The fraction of sp³-hybridized carbons (Fsp3) is 0. The van der Waals surface area contributed by atoms with Crippen LogP contribution in [0, 0.1) is 3.57 Å². The van der Waals surface area contributed by atoms with Crippen molar-refractivity contribution in [1.29, 1.82) is 0 Å². The second-order valence-electron chi connectivity index (χ2n) is 3.85. The minimum absolute atomic E-state index is 0.645. The molecule has 0 aliphatic carbocycles. The molecule has 3 rings (SSSR count). The minimum atomic E-state index is 0.645. The van der Waals surface area contributed by atoms with Gasteiger partial charge in [0.25, 0.3) is 0 Å². The van der Waals surface area contributed by atoms with Gasteiger partial charge in [0.05, 0.1) is 15.6 Å². The number of hydrogen-bond donors (Lipinski definition) is 1. The lowest BCUT2D eigenvalue weighted by Gasteiger charge is -1.99. The Morgan fingerprint density at radius 1 is 1.06 bits per heavy atom. The van der Waals surface area contributed by atoms with E-state index in [0.29, 0.717) is 5.02 Å². The Hall–Kier alpha value is -0.780. The van der Waals surface area contributed by atoms with Crippen molar-refractivity contribution in [3.05, 3.63) is 50.0 Å². The zero-order valence-electron chi connectivity index (χ0n) is 9.05. The number of aromatic nitrogens is 2. The summed E-state index contributed by atoms with van der Waals surface area (Å²) < 4.78 is 1.02. The van der Waals surface area contributed by atoms with Gasteiger partial charge >= 0.3 is 0 Å². The molecule has 90 valence electrons. The second kappa shape index (κ2) is 4.72. The van der Waals surface area contributed by atoms with E-state index in [1.165, 1.54) is 0 Å². The Kier molecular flexibility index (Phi) is 3.21. The number of para-hydroxylation sites is 1. The largest absolute Gasteiger partial charge is 0.338 e. The second-order valence-corrected chi connectivity index (χ2v) is 5.83. The van der Waals surface area contributed by atoms with Crippen molar-refractivity contribution in [1.82, 2.24) is 9.97 Å². The molecule has 5 heteroatoms. The number of imidazole rings is 1. The molecule has 1 N–H and O–H groups in total. The average molecular weight is 389 g/mol. The monoisotopic (exact) mass is 388 g/mol. The van der Waals surface area contributed by atoms with Crippen LogP contribution in [0.2, 0.25) is 10.0 Å². The fourth-order valence-electron chi connectivity index (χ4n) is 1.78. The lowest BCUT2D eigenvalue weighted by molar-refractivity contribution is 1.33. The maximum Gasteiger partial charge on any atom is 0.138 e. The topological polar surface area (TPSA) is 28.7 Å². The molecule has 2 aromatic carbocycles. The van der Waals surface area contributed by atoms with Crippen LogP contribution >= 0.6 is 45.8 Å². The van der Waals surface area contributed by atoms with Crippen molar-refractivity contribution < 1.29 is 0 Å². The number of nitrogens with zero attached hydrogens (tertiary/aromatic N) is 1. The molecular formula is C13H7Cl2IN2. The predicted molar refractivity (Wildman–Crippen MR) is 84.3 cm³/mol. The van der Waals surface area contributed by atoms with E-state index in [1.807, 2.05) is 36.4 Å². The van der Waals surface area contributed by atoms with E-state index in [4.69, 9.17) is 23.2 Å². The quantitative estimate of drug-likeness (QED) is 0.574. The zero-order valence-corrected chi connectivity index (χ0v) is 12.7. The minimum Gasteiger partial charge on any atom is -0.338 e. The van der Waals surface area contributed by atoms with Crippen LogP contribution in [-0.2, 0) is 0 Å². The molecular weight excluding hydrogens is 382 g/mol. The summed E-state index contributed by atoms with van der Waals surface area (Å²) in [5.41, 5.74) is 2.66. The van der Waals surface area contributed by atoms with Crippen molar-refractivity contribution in [2.45, 2.75) is 0 Å². The van der Waals surface area contributed by atoms with Gasteiger partial charge in [-0.2, -0.15) is 0 Å². The molecule has 0 saturated carbocycles. The van der Waals surface area contributed by atoms with Gasteiger partial charge < -0.3 is 4.98 Å². The third-order valence-electron chi connectivity index (χ3n) is 2.66. The molecule has 0 amide bonds. The van der Waals surface area contributed by atoms with Gasteiger partial charge in [-0.15, -0.1) is 0 Å². The van der Waals surface area contributed by atoms with E-state index < -0.39 is 0 Å². The van der Waals surface area contributed by atoms with Gasteiger partial charge in [-0.25, -0.2) is 4.98 Å². The highest BCUT2D eigenvalue weighted by atomic mass is 127. The van der Waals surface area contributed by atoms with E-state index in [0.717, 1.165) is 31.0 Å². The van der Waals surface area contributed by atoms with Crippen LogP contribution in [0.3, 0.4) is 0 Å². The Balaban J connectivity index is 2.19. The smallest absolute Gasteiger partial charge is 0.138 e. The van der Waals surface area contributed by atoms with Crippen LogP contribution in [-0.4, -0.2) is 9.97 Å². The van der Waals surface area contributed by atoms with Crippen LogP contribution < -0.4 is 0 Å². The normalized spacial score (nSPS) is 11.1. The highest BCUT2D eigenvalue weighted by Gasteiger charge is 2.08. The molecule has 3 aromatic rings. The van der Waals surface area contributed by atoms with Crippen molar-refractivity contribution in [2.24, 2.45) is 0 Å². The number of rotatable bonds is 1. The maximum absolute atomic E-state index is 6.12. The highest BCUT2D eigenvalue weighted by Crippen LogP contribution is 2.28. The Bertz CT molecular complexity index is 737. The number of nitrogens with one attached hydrogen (secondary N) is 1. The summed E-state index contributed by atoms with van der Waals surface area (Å²) in [4.78, 5) is 7.75. The van der Waals surface area contributed by atoms with Gasteiger partial charge in [0.15, 0.2) is 0 Å². The van der Waals surface area contributed by atoms with Crippen LogP contribution in [0.1, 0.15) is 0 Å². The summed E-state index contributed by atoms with van der Waals surface area (Å²) in [5, 5.41) is 1.37. The molecule has 0 spiro atoms. The van der Waals surface area contributed by atoms with Crippen LogP contribution in [0.5, 0.6) is 0 Å². The first-order valence-electron chi connectivity index (χ1n) is 5.25. The lowest BCUT2D eigenvalue weighted by Crippen LogP contribution is -1.82. The molecule has 18 heavy (non-hydrogen) atoms. The molecule has 0 fully saturated rings. The van der Waals surface area contributed by atoms with Crippen molar-refractivity contribution in [3.63, 3.8) is 0 Å². The van der Waals surface area contributed by atoms with Crippen molar-refractivity contribution in [2.75, 3.05) is 0 Å². The molecule has 0 unspecified atom stereocenters. The molecule has 1 heterocycles. The molecule has 0 aliphatic rings. The SMILES string of the molecule is Clc1cc(-c2nc3c(Cl)cccc3[nH]2)ccc1I. The number of benzene rings is 2. The molecule has 0 aliphatic heterocycles. The number of halogens is 3. The van der Waals surface area contributed by atoms with Gasteiger partial charge in [-0.3, -0.25) is 0 Å². The van der Waals surface area contributed by atoms with E-state index in [-0.39, 0.29) is 0 Å². The lowest BCUT2D eigenvalue weighted by atomic mass is 10.2. The Morgan fingerprint density at radius 3 is 2.61 bits per heavy atom. The van der Waals surface area contributed by atoms with Gasteiger partial charge in [-0.05, 0) is 46.9 Å². The number of aromatic amines is 1. The molecule has 0 bridgehead atoms. The molecule has 2 nitrogen and oxygen atoms in total. The number of H-pyrrole nitrogens is 1. The van der Waals surface area contributed by atoms with E-state index >= 15 is 0 Å². The first-order chi connectivity index (χ1) is 8.65.